The van der Waals surface area contributed by atoms with Crippen LogP contribution in [0.5, 0.6) is 0 Å². The van der Waals surface area contributed by atoms with Crippen LogP contribution in [-0.2, 0) is 11.8 Å². The predicted molar refractivity (Wildman–Crippen MR) is 177 cm³/mol. The average molecular weight is 539 g/mol. The summed E-state index contributed by atoms with van der Waals surface area (Å²) < 4.78 is 0. The third kappa shape index (κ3) is 3.15. The molecule has 0 saturated heterocycles. The van der Waals surface area contributed by atoms with E-state index in [9.17, 15) is 0 Å². The zero-order chi connectivity index (χ0) is 28.0. The summed E-state index contributed by atoms with van der Waals surface area (Å²) in [5, 5.41) is 2.68. The topological polar surface area (TPSA) is 6.48 Å². The Morgan fingerprint density at radius 1 is 0.571 bits per heavy atom. The summed E-state index contributed by atoms with van der Waals surface area (Å²) in [4.78, 5) is 5.02. The van der Waals surface area contributed by atoms with E-state index in [1.807, 2.05) is 0 Å². The van der Waals surface area contributed by atoms with Crippen molar-refractivity contribution in [3.8, 4) is 11.1 Å². The lowest BCUT2D eigenvalue weighted by Gasteiger charge is -2.48. The maximum atomic E-state index is 2.52. The summed E-state index contributed by atoms with van der Waals surface area (Å²) in [6, 6.07) is 45.0. The molecule has 0 atom stereocenters. The number of hydrogen-bond acceptors (Lipinski definition) is 2. The van der Waals surface area contributed by atoms with Crippen LogP contribution in [0.15, 0.2) is 127 Å². The Labute approximate surface area is 246 Å². The van der Waals surface area contributed by atoms with Crippen LogP contribution in [0.1, 0.15) is 36.1 Å². The van der Waals surface area contributed by atoms with Gasteiger partial charge >= 0.3 is 0 Å². The lowest BCUT2D eigenvalue weighted by molar-refractivity contribution is 0.631. The van der Waals surface area contributed by atoms with Gasteiger partial charge in [-0.2, -0.15) is 0 Å². The number of hydrogen-bond donors (Lipinski definition) is 0. The van der Waals surface area contributed by atoms with Crippen LogP contribution in [0, 0.1) is 0 Å². The molecule has 0 amide bonds. The van der Waals surface area contributed by atoms with Crippen molar-refractivity contribution in [3.05, 3.63) is 150 Å². The number of fused-ring (bicyclic) bond motifs is 4. The Morgan fingerprint density at radius 3 is 2.26 bits per heavy atom. The highest BCUT2D eigenvalue weighted by Gasteiger charge is 2.42. The quantitative estimate of drug-likeness (QED) is 0.216. The molecular formula is C40H30N2. The van der Waals surface area contributed by atoms with Crippen molar-refractivity contribution in [2.24, 2.45) is 0 Å². The van der Waals surface area contributed by atoms with Gasteiger partial charge < -0.3 is 9.80 Å². The van der Waals surface area contributed by atoms with E-state index in [2.05, 4.69) is 157 Å². The largest absolute Gasteiger partial charge is 0.306 e. The van der Waals surface area contributed by atoms with Crippen LogP contribution in [0.25, 0.3) is 28.0 Å². The maximum Gasteiger partial charge on any atom is 0.0744 e. The molecule has 2 nitrogen and oxygen atoms in total. The third-order valence-corrected chi connectivity index (χ3v) is 9.51. The highest BCUT2D eigenvalue weighted by Crippen LogP contribution is 2.62. The number of benzene rings is 6. The molecule has 0 fully saturated rings. The van der Waals surface area contributed by atoms with E-state index >= 15 is 0 Å². The molecule has 3 aliphatic rings. The molecule has 0 aromatic heterocycles. The number of allylic oxidation sites excluding steroid dienone is 1. The first-order valence-corrected chi connectivity index (χ1v) is 14.8. The van der Waals surface area contributed by atoms with Crippen LogP contribution in [0.3, 0.4) is 0 Å². The molecule has 0 saturated carbocycles. The molecule has 6 aromatic rings. The summed E-state index contributed by atoms with van der Waals surface area (Å²) >= 11 is 0. The fraction of sp³-hybridized carbons (Fsp3) is 0.100. The standard InChI is InChI=1S/C40H30N2/c1-40(2)32-17-6-7-19-34(32)42-37-25-28(26-11-4-3-5-12-26)21-22-35(37)41(36-20-10-18-33(40)39(36)42)31-23-29-15-8-13-27-14-9-16-30(24-31)38(27)29/h3-13,15-25H,14H2,1-2H3. The van der Waals surface area contributed by atoms with Gasteiger partial charge in [0.25, 0.3) is 0 Å². The Balaban J connectivity index is 1.37. The first-order chi connectivity index (χ1) is 20.6. The molecule has 0 radical (unpaired) electrons. The maximum absolute atomic E-state index is 2.52. The second kappa shape index (κ2) is 8.47. The Morgan fingerprint density at radius 2 is 1.36 bits per heavy atom. The highest BCUT2D eigenvalue weighted by molar-refractivity contribution is 6.07. The van der Waals surface area contributed by atoms with Gasteiger partial charge in [-0.05, 0) is 87.0 Å². The lowest BCUT2D eigenvalue weighted by atomic mass is 9.72. The fourth-order valence-electron chi connectivity index (χ4n) is 7.54. The zero-order valence-electron chi connectivity index (χ0n) is 23.8. The molecule has 2 aliphatic heterocycles. The van der Waals surface area contributed by atoms with Crippen molar-refractivity contribution in [1.82, 2.24) is 0 Å². The van der Waals surface area contributed by atoms with Crippen LogP contribution < -0.4 is 9.80 Å². The number of anilines is 6. The van der Waals surface area contributed by atoms with Gasteiger partial charge in [-0.25, -0.2) is 0 Å². The van der Waals surface area contributed by atoms with Crippen LogP contribution in [-0.4, -0.2) is 0 Å². The molecule has 0 N–H and O–H groups in total. The zero-order valence-corrected chi connectivity index (χ0v) is 23.8. The smallest absolute Gasteiger partial charge is 0.0744 e. The van der Waals surface area contributed by atoms with Crippen molar-refractivity contribution >= 4 is 51.0 Å². The summed E-state index contributed by atoms with van der Waals surface area (Å²) in [6.45, 7) is 4.73. The van der Waals surface area contributed by atoms with E-state index < -0.39 is 0 Å². The molecule has 2 heterocycles. The van der Waals surface area contributed by atoms with Crippen LogP contribution in [0.4, 0.5) is 34.1 Å². The van der Waals surface area contributed by atoms with Gasteiger partial charge in [-0.15, -0.1) is 0 Å². The van der Waals surface area contributed by atoms with Gasteiger partial charge in [0.2, 0.25) is 0 Å². The molecular weight excluding hydrogens is 508 g/mol. The second-order valence-electron chi connectivity index (χ2n) is 12.2. The van der Waals surface area contributed by atoms with Crippen LogP contribution in [0.2, 0.25) is 0 Å². The van der Waals surface area contributed by atoms with Gasteiger partial charge in [0.05, 0.1) is 28.4 Å². The van der Waals surface area contributed by atoms with Gasteiger partial charge in [0, 0.05) is 11.1 Å². The van der Waals surface area contributed by atoms with E-state index in [0.29, 0.717) is 0 Å². The SMILES string of the molecule is CC1(C)c2ccccc2N2c3cc(-c4ccccc4)ccc3N(c3cc4c5c(cccc5c3)CC=C4)c3cccc1c32. The average Bonchev–Trinajstić information content (AvgIpc) is 3.03. The Kier molecular flexibility index (Phi) is 4.76. The minimum atomic E-state index is -0.133. The summed E-state index contributed by atoms with van der Waals surface area (Å²) in [7, 11) is 0. The van der Waals surface area contributed by atoms with Crippen molar-refractivity contribution in [1.29, 1.82) is 0 Å². The summed E-state index contributed by atoms with van der Waals surface area (Å²) in [5.41, 5.74) is 15.1. The van der Waals surface area contributed by atoms with Crippen molar-refractivity contribution in [2.75, 3.05) is 9.80 Å². The number of rotatable bonds is 2. The van der Waals surface area contributed by atoms with Gasteiger partial charge in [-0.1, -0.05) is 111 Å². The molecule has 0 spiro atoms. The molecule has 1 aliphatic carbocycles. The van der Waals surface area contributed by atoms with E-state index in [1.54, 1.807) is 0 Å². The lowest BCUT2D eigenvalue weighted by Crippen LogP contribution is -2.34. The molecule has 9 rings (SSSR count). The van der Waals surface area contributed by atoms with Gasteiger partial charge in [0.1, 0.15) is 0 Å². The highest BCUT2D eigenvalue weighted by atomic mass is 15.3. The normalized spacial score (nSPS) is 15.3. The van der Waals surface area contributed by atoms with Gasteiger partial charge in [0.15, 0.2) is 0 Å². The Hall–Kier alpha value is -5.08. The molecule has 0 bridgehead atoms. The fourth-order valence-corrected chi connectivity index (χ4v) is 7.54. The van der Waals surface area contributed by atoms with Crippen molar-refractivity contribution in [3.63, 3.8) is 0 Å². The minimum Gasteiger partial charge on any atom is -0.306 e. The summed E-state index contributed by atoms with van der Waals surface area (Å²) in [6.07, 6.45) is 5.59. The minimum absolute atomic E-state index is 0.133. The molecule has 200 valence electrons. The van der Waals surface area contributed by atoms with Gasteiger partial charge in [-0.3, -0.25) is 0 Å². The number of nitrogens with zero attached hydrogens (tertiary/aromatic N) is 2. The number of para-hydroxylation sites is 2. The molecule has 2 heteroatoms. The molecule has 42 heavy (non-hydrogen) atoms. The third-order valence-electron chi connectivity index (χ3n) is 9.51. The molecule has 0 unspecified atom stereocenters. The Bertz CT molecular complexity index is 2100. The van der Waals surface area contributed by atoms with E-state index in [1.165, 1.54) is 78.3 Å². The van der Waals surface area contributed by atoms with E-state index in [4.69, 9.17) is 0 Å². The molecule has 6 aromatic carbocycles. The second-order valence-corrected chi connectivity index (χ2v) is 12.2. The van der Waals surface area contributed by atoms with E-state index in [0.717, 1.165) is 6.42 Å². The first kappa shape index (κ1) is 23.6. The van der Waals surface area contributed by atoms with Crippen molar-refractivity contribution < 1.29 is 0 Å². The first-order valence-electron chi connectivity index (χ1n) is 14.8. The van der Waals surface area contributed by atoms with Crippen molar-refractivity contribution in [2.45, 2.75) is 25.7 Å². The predicted octanol–water partition coefficient (Wildman–Crippen LogP) is 11.0. The summed E-state index contributed by atoms with van der Waals surface area (Å²) in [5.74, 6) is 0. The van der Waals surface area contributed by atoms with E-state index in [-0.39, 0.29) is 5.41 Å². The monoisotopic (exact) mass is 538 g/mol. The van der Waals surface area contributed by atoms with Crippen LogP contribution >= 0.6 is 0 Å².